The summed E-state index contributed by atoms with van der Waals surface area (Å²) in [6, 6.07) is 0. The van der Waals surface area contributed by atoms with Crippen LogP contribution in [-0.2, 0) is 14.3 Å². The van der Waals surface area contributed by atoms with E-state index in [9.17, 15) is 9.59 Å². The van der Waals surface area contributed by atoms with Crippen LogP contribution < -0.4 is 0 Å². The lowest BCUT2D eigenvalue weighted by Crippen LogP contribution is -2.05. The van der Waals surface area contributed by atoms with Crippen molar-refractivity contribution in [2.75, 3.05) is 6.61 Å². The molecule has 0 fully saturated rings. The highest BCUT2D eigenvalue weighted by molar-refractivity contribution is 5.69. The minimum absolute atomic E-state index is 0.0866. The second-order valence-electron chi connectivity index (χ2n) is 6.00. The minimum atomic E-state index is -0.728. The van der Waals surface area contributed by atoms with Crippen LogP contribution in [0, 0.1) is 0 Å². The first-order valence-corrected chi connectivity index (χ1v) is 9.04. The maximum Gasteiger partial charge on any atom is 0.305 e. The van der Waals surface area contributed by atoms with Crippen molar-refractivity contribution >= 4 is 11.9 Å². The van der Waals surface area contributed by atoms with Gasteiger partial charge in [-0.1, -0.05) is 64.7 Å². The molecule has 1 N–H and O–H groups in total. The first kappa shape index (κ1) is 20.9. The number of aliphatic carboxylic acids is 1. The summed E-state index contributed by atoms with van der Waals surface area (Å²) in [5, 5.41) is 8.50. The van der Waals surface area contributed by atoms with Crippen molar-refractivity contribution in [1.29, 1.82) is 0 Å². The largest absolute Gasteiger partial charge is 0.481 e. The van der Waals surface area contributed by atoms with Crippen molar-refractivity contribution in [2.24, 2.45) is 0 Å². The van der Waals surface area contributed by atoms with Gasteiger partial charge in [-0.2, -0.15) is 0 Å². The Balaban J connectivity index is 3.18. The molecular formula is C18H34O4. The van der Waals surface area contributed by atoms with Crippen LogP contribution in [0.25, 0.3) is 0 Å². The molecule has 0 bridgehead atoms. The second kappa shape index (κ2) is 16.3. The Hall–Kier alpha value is -1.06. The molecule has 0 heterocycles. The molecule has 0 aliphatic carbocycles. The van der Waals surface area contributed by atoms with Crippen LogP contribution in [-0.4, -0.2) is 23.7 Å². The fourth-order valence-corrected chi connectivity index (χ4v) is 2.39. The Labute approximate surface area is 135 Å². The number of esters is 1. The van der Waals surface area contributed by atoms with Gasteiger partial charge in [-0.05, 0) is 19.3 Å². The van der Waals surface area contributed by atoms with Gasteiger partial charge in [0.15, 0.2) is 0 Å². The molecule has 0 saturated carbocycles. The Morgan fingerprint density at radius 1 is 0.727 bits per heavy atom. The summed E-state index contributed by atoms with van der Waals surface area (Å²) < 4.78 is 5.21. The van der Waals surface area contributed by atoms with E-state index in [0.29, 0.717) is 13.0 Å². The van der Waals surface area contributed by atoms with Gasteiger partial charge in [-0.3, -0.25) is 9.59 Å². The highest BCUT2D eigenvalue weighted by Crippen LogP contribution is 2.09. The van der Waals surface area contributed by atoms with E-state index in [1.165, 1.54) is 32.1 Å². The summed E-state index contributed by atoms with van der Waals surface area (Å²) >= 11 is 0. The van der Waals surface area contributed by atoms with Crippen molar-refractivity contribution in [3.8, 4) is 0 Å². The lowest BCUT2D eigenvalue weighted by Gasteiger charge is -2.05. The topological polar surface area (TPSA) is 63.6 Å². The van der Waals surface area contributed by atoms with Gasteiger partial charge in [-0.25, -0.2) is 0 Å². The smallest absolute Gasteiger partial charge is 0.305 e. The van der Waals surface area contributed by atoms with Gasteiger partial charge in [0.05, 0.1) is 6.61 Å². The van der Waals surface area contributed by atoms with Crippen molar-refractivity contribution in [3.63, 3.8) is 0 Å². The number of rotatable bonds is 16. The standard InChI is InChI=1S/C18H34O4/c1-2-3-4-5-6-10-13-16-22-18(21)15-12-9-7-8-11-14-17(19)20/h2-16H2,1H3,(H,19,20). The fraction of sp³-hybridized carbons (Fsp3) is 0.889. The molecule has 0 atom stereocenters. The van der Waals surface area contributed by atoms with E-state index < -0.39 is 5.97 Å². The van der Waals surface area contributed by atoms with Crippen LogP contribution in [0.1, 0.15) is 96.8 Å². The quantitative estimate of drug-likeness (QED) is 0.318. The predicted molar refractivity (Wildman–Crippen MR) is 88.9 cm³/mol. The molecule has 22 heavy (non-hydrogen) atoms. The minimum Gasteiger partial charge on any atom is -0.481 e. The zero-order valence-electron chi connectivity index (χ0n) is 14.3. The summed E-state index contributed by atoms with van der Waals surface area (Å²) in [5.74, 6) is -0.814. The molecule has 0 amide bonds. The number of ether oxygens (including phenoxy) is 1. The van der Waals surface area contributed by atoms with Crippen molar-refractivity contribution in [2.45, 2.75) is 96.8 Å². The third-order valence-electron chi connectivity index (χ3n) is 3.78. The molecule has 0 aromatic heterocycles. The maximum atomic E-state index is 11.5. The molecule has 0 aromatic carbocycles. The van der Waals surface area contributed by atoms with Crippen molar-refractivity contribution in [1.82, 2.24) is 0 Å². The Morgan fingerprint density at radius 2 is 1.23 bits per heavy atom. The van der Waals surface area contributed by atoms with Crippen LogP contribution >= 0.6 is 0 Å². The molecule has 130 valence electrons. The number of carboxylic acid groups (broad SMARTS) is 1. The maximum absolute atomic E-state index is 11.5. The molecule has 0 unspecified atom stereocenters. The van der Waals surface area contributed by atoms with Crippen molar-refractivity contribution in [3.05, 3.63) is 0 Å². The van der Waals surface area contributed by atoms with Crippen LogP contribution in [0.4, 0.5) is 0 Å². The van der Waals surface area contributed by atoms with E-state index in [0.717, 1.165) is 44.9 Å². The van der Waals surface area contributed by atoms with Crippen LogP contribution in [0.5, 0.6) is 0 Å². The third kappa shape index (κ3) is 17.0. The van der Waals surface area contributed by atoms with Gasteiger partial charge in [0.1, 0.15) is 0 Å². The van der Waals surface area contributed by atoms with Gasteiger partial charge < -0.3 is 9.84 Å². The molecule has 4 nitrogen and oxygen atoms in total. The highest BCUT2D eigenvalue weighted by Gasteiger charge is 2.03. The monoisotopic (exact) mass is 314 g/mol. The predicted octanol–water partition coefficient (Wildman–Crippen LogP) is 5.10. The molecule has 0 rings (SSSR count). The number of unbranched alkanes of at least 4 members (excludes halogenated alkanes) is 10. The average molecular weight is 314 g/mol. The lowest BCUT2D eigenvalue weighted by molar-refractivity contribution is -0.144. The molecular weight excluding hydrogens is 280 g/mol. The summed E-state index contributed by atoms with van der Waals surface area (Å²) in [4.78, 5) is 21.8. The van der Waals surface area contributed by atoms with Gasteiger partial charge in [-0.15, -0.1) is 0 Å². The fourth-order valence-electron chi connectivity index (χ4n) is 2.39. The van der Waals surface area contributed by atoms with E-state index >= 15 is 0 Å². The van der Waals surface area contributed by atoms with Gasteiger partial charge >= 0.3 is 11.9 Å². The number of carbonyl (C=O) groups is 2. The Morgan fingerprint density at radius 3 is 1.82 bits per heavy atom. The summed E-state index contributed by atoms with van der Waals surface area (Å²) in [6.45, 7) is 2.78. The number of carboxylic acids is 1. The number of carbonyl (C=O) groups excluding carboxylic acids is 1. The van der Waals surface area contributed by atoms with Gasteiger partial charge in [0.2, 0.25) is 0 Å². The van der Waals surface area contributed by atoms with Crippen molar-refractivity contribution < 1.29 is 19.4 Å². The highest BCUT2D eigenvalue weighted by atomic mass is 16.5. The normalized spacial score (nSPS) is 10.6. The average Bonchev–Trinajstić information content (AvgIpc) is 2.48. The van der Waals surface area contributed by atoms with E-state index in [-0.39, 0.29) is 12.4 Å². The second-order valence-corrected chi connectivity index (χ2v) is 6.00. The zero-order valence-corrected chi connectivity index (χ0v) is 14.3. The van der Waals surface area contributed by atoms with Crippen LogP contribution in [0.15, 0.2) is 0 Å². The first-order valence-electron chi connectivity index (χ1n) is 9.04. The van der Waals surface area contributed by atoms with E-state index in [2.05, 4.69) is 6.92 Å². The molecule has 0 aliphatic rings. The summed E-state index contributed by atoms with van der Waals surface area (Å²) in [5.41, 5.74) is 0. The van der Waals surface area contributed by atoms with E-state index in [1.54, 1.807) is 0 Å². The Kier molecular flexibility index (Phi) is 15.5. The zero-order chi connectivity index (χ0) is 16.5. The molecule has 0 aliphatic heterocycles. The van der Waals surface area contributed by atoms with Crippen LogP contribution in [0.2, 0.25) is 0 Å². The Bertz CT molecular complexity index is 276. The van der Waals surface area contributed by atoms with E-state index in [1.807, 2.05) is 0 Å². The summed E-state index contributed by atoms with van der Waals surface area (Å²) in [6.07, 6.45) is 13.8. The summed E-state index contributed by atoms with van der Waals surface area (Å²) in [7, 11) is 0. The van der Waals surface area contributed by atoms with Gasteiger partial charge in [0.25, 0.3) is 0 Å². The number of hydrogen-bond donors (Lipinski definition) is 1. The third-order valence-corrected chi connectivity index (χ3v) is 3.78. The first-order chi connectivity index (χ1) is 10.7. The van der Waals surface area contributed by atoms with E-state index in [4.69, 9.17) is 9.84 Å². The molecule has 0 spiro atoms. The molecule has 0 aromatic rings. The molecule has 0 radical (unpaired) electrons. The van der Waals surface area contributed by atoms with Crippen LogP contribution in [0.3, 0.4) is 0 Å². The SMILES string of the molecule is CCCCCCCCCOC(=O)CCCCCCCC(=O)O. The number of hydrogen-bond acceptors (Lipinski definition) is 3. The lowest BCUT2D eigenvalue weighted by atomic mass is 10.1. The molecule has 4 heteroatoms. The van der Waals surface area contributed by atoms with Gasteiger partial charge in [0, 0.05) is 12.8 Å². The molecule has 0 saturated heterocycles.